The van der Waals surface area contributed by atoms with Crippen LogP contribution in [0, 0.1) is 0 Å². The van der Waals surface area contributed by atoms with Gasteiger partial charge >= 0.3 is 0 Å². The molecule has 1 amide bonds. The topological polar surface area (TPSA) is 78.2 Å². The molecule has 0 fully saturated rings. The lowest BCUT2D eigenvalue weighted by atomic mass is 9.98. The van der Waals surface area contributed by atoms with Crippen LogP contribution in [-0.2, 0) is 6.54 Å². The normalized spacial score (nSPS) is 16.1. The van der Waals surface area contributed by atoms with Crippen molar-refractivity contribution >= 4 is 28.5 Å². The molecule has 0 radical (unpaired) electrons. The highest BCUT2D eigenvalue weighted by atomic mass is 35.5. The highest BCUT2D eigenvalue weighted by Crippen LogP contribution is 2.41. The number of hydrogen-bond donors (Lipinski definition) is 0. The smallest absolute Gasteiger partial charge is 0.291 e. The molecule has 0 saturated heterocycles. The maximum absolute atomic E-state index is 13.7. The van der Waals surface area contributed by atoms with E-state index in [-0.39, 0.29) is 30.4 Å². The molecule has 0 bridgehead atoms. The Morgan fingerprint density at radius 1 is 1.00 bits per heavy atom. The Balaban J connectivity index is 1.49. The molecule has 0 N–H and O–H groups in total. The van der Waals surface area contributed by atoms with Crippen molar-refractivity contribution in [3.8, 4) is 17.2 Å². The Morgan fingerprint density at radius 2 is 1.80 bits per heavy atom. The van der Waals surface area contributed by atoms with Crippen molar-refractivity contribution in [2.75, 3.05) is 13.4 Å². The Hall–Kier alpha value is -3.97. The van der Waals surface area contributed by atoms with Crippen LogP contribution in [0.2, 0.25) is 5.02 Å². The fourth-order valence-corrected chi connectivity index (χ4v) is 4.82. The van der Waals surface area contributed by atoms with Gasteiger partial charge in [-0.3, -0.25) is 9.59 Å². The molecule has 2 aliphatic heterocycles. The number of amides is 1. The van der Waals surface area contributed by atoms with Crippen LogP contribution in [-0.4, -0.2) is 24.2 Å². The summed E-state index contributed by atoms with van der Waals surface area (Å²) in [5, 5.41) is 0.758. The van der Waals surface area contributed by atoms with E-state index in [1.807, 2.05) is 49.4 Å². The minimum atomic E-state index is -0.641. The van der Waals surface area contributed by atoms with Crippen LogP contribution < -0.4 is 19.6 Å². The Kier molecular flexibility index (Phi) is 5.15. The number of hydrogen-bond acceptors (Lipinski definition) is 6. The molecule has 0 aliphatic carbocycles. The van der Waals surface area contributed by atoms with E-state index in [4.69, 9.17) is 30.2 Å². The van der Waals surface area contributed by atoms with Gasteiger partial charge < -0.3 is 23.5 Å². The molecule has 3 heterocycles. The number of rotatable bonds is 5. The van der Waals surface area contributed by atoms with Crippen LogP contribution in [0.15, 0.2) is 69.9 Å². The van der Waals surface area contributed by atoms with Gasteiger partial charge in [0.1, 0.15) is 11.3 Å². The van der Waals surface area contributed by atoms with Crippen LogP contribution in [0.5, 0.6) is 17.2 Å². The maximum Gasteiger partial charge on any atom is 0.291 e. The van der Waals surface area contributed by atoms with Gasteiger partial charge in [-0.05, 0) is 60.5 Å². The van der Waals surface area contributed by atoms with E-state index in [1.54, 1.807) is 23.1 Å². The molecule has 7 nitrogen and oxygen atoms in total. The molecule has 0 saturated carbocycles. The van der Waals surface area contributed by atoms with Gasteiger partial charge in [-0.25, -0.2) is 0 Å². The first kappa shape index (κ1) is 21.6. The van der Waals surface area contributed by atoms with Gasteiger partial charge in [0.25, 0.3) is 5.91 Å². The number of carbonyl (C=O) groups excluding carboxylic acids is 1. The quantitative estimate of drug-likeness (QED) is 0.377. The number of fused-ring (bicyclic) bond motifs is 3. The van der Waals surface area contributed by atoms with Crippen molar-refractivity contribution in [2.24, 2.45) is 0 Å². The van der Waals surface area contributed by atoms with E-state index in [0.717, 1.165) is 11.1 Å². The lowest BCUT2D eigenvalue weighted by molar-refractivity contribution is 0.0714. The molecular weight excluding hydrogens is 470 g/mol. The molecule has 2 aliphatic rings. The minimum absolute atomic E-state index is 0.0458. The van der Waals surface area contributed by atoms with Gasteiger partial charge in [-0.15, -0.1) is 0 Å². The molecule has 1 aromatic heterocycles. The predicted octanol–water partition coefficient (Wildman–Crippen LogP) is 5.32. The number of halogens is 1. The van der Waals surface area contributed by atoms with Crippen molar-refractivity contribution in [1.29, 1.82) is 0 Å². The lowest BCUT2D eigenvalue weighted by Gasteiger charge is -2.25. The molecule has 3 aromatic carbocycles. The summed E-state index contributed by atoms with van der Waals surface area (Å²) in [6, 6.07) is 17.1. The zero-order chi connectivity index (χ0) is 24.1. The monoisotopic (exact) mass is 489 g/mol. The first-order valence-electron chi connectivity index (χ1n) is 11.2. The Bertz CT molecular complexity index is 1530. The van der Waals surface area contributed by atoms with Crippen LogP contribution >= 0.6 is 11.6 Å². The van der Waals surface area contributed by atoms with Crippen molar-refractivity contribution in [3.05, 3.63) is 98.4 Å². The SMILES string of the molecule is CCOc1ccc(C2c3c(oc4ccc(Cl)cc4c3=O)C(=O)N2Cc2ccc3c(c2)OCO3)cc1. The van der Waals surface area contributed by atoms with E-state index in [1.165, 1.54) is 0 Å². The van der Waals surface area contributed by atoms with Crippen molar-refractivity contribution < 1.29 is 23.4 Å². The molecule has 176 valence electrons. The fraction of sp³-hybridized carbons (Fsp3) is 0.185. The molecule has 8 heteroatoms. The summed E-state index contributed by atoms with van der Waals surface area (Å²) in [7, 11) is 0. The minimum Gasteiger partial charge on any atom is -0.494 e. The van der Waals surface area contributed by atoms with Gasteiger partial charge in [0.2, 0.25) is 12.6 Å². The van der Waals surface area contributed by atoms with Crippen molar-refractivity contribution in [1.82, 2.24) is 4.90 Å². The zero-order valence-electron chi connectivity index (χ0n) is 18.7. The first-order chi connectivity index (χ1) is 17.0. The number of benzene rings is 3. The van der Waals surface area contributed by atoms with E-state index >= 15 is 0 Å². The molecule has 6 rings (SSSR count). The van der Waals surface area contributed by atoms with Gasteiger partial charge in [0, 0.05) is 11.6 Å². The van der Waals surface area contributed by atoms with E-state index in [2.05, 4.69) is 0 Å². The van der Waals surface area contributed by atoms with Gasteiger partial charge in [0.05, 0.1) is 23.6 Å². The average Bonchev–Trinajstić information content (AvgIpc) is 3.43. The zero-order valence-corrected chi connectivity index (χ0v) is 19.5. The summed E-state index contributed by atoms with van der Waals surface area (Å²) in [5.74, 6) is 1.68. The standard InChI is InChI=1S/C27H20ClNO6/c1-2-32-18-7-4-16(5-8-18)24-23-25(30)19-12-17(28)6-10-20(19)35-26(23)27(31)29(24)13-15-3-9-21-22(11-15)34-14-33-21/h3-12,24H,2,13-14H2,1H3. The highest BCUT2D eigenvalue weighted by Gasteiger charge is 2.42. The van der Waals surface area contributed by atoms with Crippen LogP contribution in [0.3, 0.4) is 0 Å². The van der Waals surface area contributed by atoms with E-state index < -0.39 is 6.04 Å². The second kappa shape index (κ2) is 8.36. The summed E-state index contributed by atoms with van der Waals surface area (Å²) < 4.78 is 22.5. The van der Waals surface area contributed by atoms with E-state index in [0.29, 0.717) is 45.4 Å². The Labute approximate surface area is 205 Å². The molecule has 1 unspecified atom stereocenters. The third-order valence-corrected chi connectivity index (χ3v) is 6.46. The largest absolute Gasteiger partial charge is 0.494 e. The van der Waals surface area contributed by atoms with Crippen LogP contribution in [0.25, 0.3) is 11.0 Å². The second-order valence-corrected chi connectivity index (χ2v) is 8.78. The van der Waals surface area contributed by atoms with E-state index in [9.17, 15) is 9.59 Å². The highest BCUT2D eigenvalue weighted by molar-refractivity contribution is 6.31. The number of nitrogens with zero attached hydrogens (tertiary/aromatic N) is 1. The van der Waals surface area contributed by atoms with Crippen molar-refractivity contribution in [2.45, 2.75) is 19.5 Å². The Morgan fingerprint density at radius 3 is 2.60 bits per heavy atom. The van der Waals surface area contributed by atoms with Gasteiger partial charge in [0.15, 0.2) is 16.9 Å². The molecule has 1 atom stereocenters. The van der Waals surface area contributed by atoms with Crippen molar-refractivity contribution in [3.63, 3.8) is 0 Å². The summed E-state index contributed by atoms with van der Waals surface area (Å²) in [6.07, 6.45) is 0. The third-order valence-electron chi connectivity index (χ3n) is 6.22. The second-order valence-electron chi connectivity index (χ2n) is 8.34. The van der Waals surface area contributed by atoms with Crippen LogP contribution in [0.1, 0.15) is 40.2 Å². The summed E-state index contributed by atoms with van der Waals surface area (Å²) in [4.78, 5) is 28.9. The summed E-state index contributed by atoms with van der Waals surface area (Å²) in [6.45, 7) is 2.86. The average molecular weight is 490 g/mol. The molecular formula is C27H20ClNO6. The maximum atomic E-state index is 13.7. The molecule has 35 heavy (non-hydrogen) atoms. The van der Waals surface area contributed by atoms with Gasteiger partial charge in [-0.2, -0.15) is 0 Å². The van der Waals surface area contributed by atoms with Gasteiger partial charge in [-0.1, -0.05) is 29.8 Å². The molecule has 0 spiro atoms. The predicted molar refractivity (Wildman–Crippen MR) is 129 cm³/mol. The number of ether oxygens (including phenoxy) is 3. The third kappa shape index (κ3) is 3.59. The molecule has 4 aromatic rings. The lowest BCUT2D eigenvalue weighted by Crippen LogP contribution is -2.29. The number of carbonyl (C=O) groups is 1. The first-order valence-corrected chi connectivity index (χ1v) is 11.6. The van der Waals surface area contributed by atoms with Crippen LogP contribution in [0.4, 0.5) is 0 Å². The fourth-order valence-electron chi connectivity index (χ4n) is 4.65. The summed E-state index contributed by atoms with van der Waals surface area (Å²) >= 11 is 6.16. The summed E-state index contributed by atoms with van der Waals surface area (Å²) in [5.41, 5.74) is 1.96.